The fourth-order valence-electron chi connectivity index (χ4n) is 2.84. The van der Waals surface area contributed by atoms with Gasteiger partial charge in [0, 0.05) is 0 Å². The lowest BCUT2D eigenvalue weighted by Crippen LogP contribution is -2.30. The lowest BCUT2D eigenvalue weighted by Gasteiger charge is -2.25. The lowest BCUT2D eigenvalue weighted by molar-refractivity contribution is -0.0441. The van der Waals surface area contributed by atoms with Crippen LogP contribution in [0.1, 0.15) is 117 Å². The normalized spacial score (nSPS) is 14.3. The summed E-state index contributed by atoms with van der Waals surface area (Å²) >= 11 is 0. The van der Waals surface area contributed by atoms with E-state index >= 15 is 0 Å². The van der Waals surface area contributed by atoms with Gasteiger partial charge in [-0.3, -0.25) is 4.84 Å². The summed E-state index contributed by atoms with van der Waals surface area (Å²) in [4.78, 5) is 5.09. The van der Waals surface area contributed by atoms with Gasteiger partial charge in [0.05, 0.1) is 5.60 Å². The minimum absolute atomic E-state index is 0.0994. The van der Waals surface area contributed by atoms with Gasteiger partial charge in [-0.1, -0.05) is 97.3 Å². The SMILES string of the molecule is CCCCCCCCCCCCCCCC(C)(CC)ON. The van der Waals surface area contributed by atoms with E-state index in [-0.39, 0.29) is 5.60 Å². The summed E-state index contributed by atoms with van der Waals surface area (Å²) in [5.74, 6) is 5.36. The van der Waals surface area contributed by atoms with Crippen LogP contribution in [0.2, 0.25) is 0 Å². The number of hydrogen-bond donors (Lipinski definition) is 1. The van der Waals surface area contributed by atoms with Crippen LogP contribution in [0.15, 0.2) is 0 Å². The molecule has 0 aromatic carbocycles. The van der Waals surface area contributed by atoms with Gasteiger partial charge in [0.15, 0.2) is 0 Å². The highest BCUT2D eigenvalue weighted by atomic mass is 16.6. The summed E-state index contributed by atoms with van der Waals surface area (Å²) in [5, 5.41) is 0. The van der Waals surface area contributed by atoms with Crippen LogP contribution in [-0.2, 0) is 4.84 Å². The van der Waals surface area contributed by atoms with E-state index in [4.69, 9.17) is 10.7 Å². The third-order valence-corrected chi connectivity index (χ3v) is 4.84. The first-order chi connectivity index (χ1) is 10.2. The second-order valence-electron chi connectivity index (χ2n) is 6.91. The molecule has 0 saturated carbocycles. The molecule has 0 aromatic heterocycles. The predicted octanol–water partition coefficient (Wildman–Crippen LogP) is 6.53. The first kappa shape index (κ1) is 20.9. The van der Waals surface area contributed by atoms with E-state index in [2.05, 4.69) is 20.8 Å². The van der Waals surface area contributed by atoms with Gasteiger partial charge < -0.3 is 0 Å². The number of rotatable bonds is 16. The minimum atomic E-state index is -0.0994. The first-order valence-corrected chi connectivity index (χ1v) is 9.56. The number of nitrogens with two attached hydrogens (primary N) is 1. The fourth-order valence-corrected chi connectivity index (χ4v) is 2.84. The van der Waals surface area contributed by atoms with Crippen molar-refractivity contribution in [3.8, 4) is 0 Å². The molecular weight excluding hydrogens is 258 g/mol. The fraction of sp³-hybridized carbons (Fsp3) is 1.00. The predicted molar refractivity (Wildman–Crippen MR) is 94.3 cm³/mol. The number of hydrogen-bond acceptors (Lipinski definition) is 2. The van der Waals surface area contributed by atoms with Crippen LogP contribution in [0.4, 0.5) is 0 Å². The van der Waals surface area contributed by atoms with E-state index in [0.717, 1.165) is 12.8 Å². The van der Waals surface area contributed by atoms with Gasteiger partial charge in [0.2, 0.25) is 0 Å². The van der Waals surface area contributed by atoms with Gasteiger partial charge in [-0.2, -0.15) is 0 Å². The van der Waals surface area contributed by atoms with Crippen molar-refractivity contribution in [1.82, 2.24) is 0 Å². The van der Waals surface area contributed by atoms with Crippen molar-refractivity contribution < 1.29 is 4.84 Å². The maximum Gasteiger partial charge on any atom is 0.0863 e. The second-order valence-corrected chi connectivity index (χ2v) is 6.91. The van der Waals surface area contributed by atoms with Crippen molar-refractivity contribution in [3.63, 3.8) is 0 Å². The largest absolute Gasteiger partial charge is 0.298 e. The lowest BCUT2D eigenvalue weighted by atomic mass is 9.95. The van der Waals surface area contributed by atoms with Crippen LogP contribution in [0, 0.1) is 0 Å². The summed E-state index contributed by atoms with van der Waals surface area (Å²) < 4.78 is 0. The van der Waals surface area contributed by atoms with Crippen LogP contribution >= 0.6 is 0 Å². The van der Waals surface area contributed by atoms with Crippen molar-refractivity contribution in [2.45, 2.75) is 123 Å². The summed E-state index contributed by atoms with van der Waals surface area (Å²) in [5.41, 5.74) is -0.0994. The van der Waals surface area contributed by atoms with Gasteiger partial charge >= 0.3 is 0 Å². The van der Waals surface area contributed by atoms with Crippen LogP contribution in [0.5, 0.6) is 0 Å². The highest BCUT2D eigenvalue weighted by Crippen LogP contribution is 2.21. The van der Waals surface area contributed by atoms with Crippen LogP contribution in [-0.4, -0.2) is 5.60 Å². The van der Waals surface area contributed by atoms with E-state index < -0.39 is 0 Å². The molecule has 2 N–H and O–H groups in total. The highest BCUT2D eigenvalue weighted by Gasteiger charge is 2.20. The van der Waals surface area contributed by atoms with E-state index in [1.54, 1.807) is 0 Å². The summed E-state index contributed by atoms with van der Waals surface area (Å²) in [6.45, 7) is 6.55. The van der Waals surface area contributed by atoms with Crippen LogP contribution in [0.3, 0.4) is 0 Å². The Hall–Kier alpha value is -0.0800. The maximum absolute atomic E-state index is 5.36. The Bertz CT molecular complexity index is 202. The van der Waals surface area contributed by atoms with Crippen molar-refractivity contribution >= 4 is 0 Å². The van der Waals surface area contributed by atoms with Crippen LogP contribution in [0.25, 0.3) is 0 Å². The highest BCUT2D eigenvalue weighted by molar-refractivity contribution is 4.71. The molecule has 0 spiro atoms. The topological polar surface area (TPSA) is 35.2 Å². The van der Waals surface area contributed by atoms with Gasteiger partial charge in [0.25, 0.3) is 0 Å². The quantitative estimate of drug-likeness (QED) is 0.260. The average molecular weight is 300 g/mol. The summed E-state index contributed by atoms with van der Waals surface area (Å²) in [7, 11) is 0. The van der Waals surface area contributed by atoms with E-state index in [1.165, 1.54) is 83.5 Å². The Labute approximate surface area is 134 Å². The maximum atomic E-state index is 5.36. The summed E-state index contributed by atoms with van der Waals surface area (Å²) in [6, 6.07) is 0. The third kappa shape index (κ3) is 13.3. The molecule has 0 bridgehead atoms. The van der Waals surface area contributed by atoms with E-state index in [9.17, 15) is 0 Å². The van der Waals surface area contributed by atoms with E-state index in [1.807, 2.05) is 0 Å². The van der Waals surface area contributed by atoms with Crippen molar-refractivity contribution in [2.24, 2.45) is 5.90 Å². The zero-order chi connectivity index (χ0) is 15.8. The van der Waals surface area contributed by atoms with Gasteiger partial charge in [-0.25, -0.2) is 5.90 Å². The molecule has 0 aliphatic rings. The van der Waals surface area contributed by atoms with Gasteiger partial charge in [-0.15, -0.1) is 0 Å². The molecule has 128 valence electrons. The molecule has 0 fully saturated rings. The summed E-state index contributed by atoms with van der Waals surface area (Å²) in [6.07, 6.45) is 20.3. The zero-order valence-corrected chi connectivity index (χ0v) is 15.1. The molecule has 1 unspecified atom stereocenters. The molecule has 0 aromatic rings. The van der Waals surface area contributed by atoms with Crippen molar-refractivity contribution in [3.05, 3.63) is 0 Å². The molecule has 0 rings (SSSR count). The smallest absolute Gasteiger partial charge is 0.0863 e. The minimum Gasteiger partial charge on any atom is -0.298 e. The molecule has 2 nitrogen and oxygen atoms in total. The third-order valence-electron chi connectivity index (χ3n) is 4.84. The zero-order valence-electron chi connectivity index (χ0n) is 15.1. The average Bonchev–Trinajstić information content (AvgIpc) is 2.51. The molecule has 2 heteroatoms. The number of unbranched alkanes of at least 4 members (excludes halogenated alkanes) is 12. The Morgan fingerprint density at radius 3 is 1.38 bits per heavy atom. The Kier molecular flexibility index (Phi) is 14.8. The van der Waals surface area contributed by atoms with Crippen molar-refractivity contribution in [1.29, 1.82) is 0 Å². The first-order valence-electron chi connectivity index (χ1n) is 9.56. The Morgan fingerprint density at radius 2 is 1.05 bits per heavy atom. The Balaban J connectivity index is 3.16. The van der Waals surface area contributed by atoms with Crippen molar-refractivity contribution in [2.75, 3.05) is 0 Å². The van der Waals surface area contributed by atoms with Crippen LogP contribution < -0.4 is 5.90 Å². The Morgan fingerprint density at radius 1 is 0.667 bits per heavy atom. The molecule has 1 atom stereocenters. The van der Waals surface area contributed by atoms with Gasteiger partial charge in [-0.05, 0) is 19.8 Å². The molecule has 0 aliphatic carbocycles. The standard InChI is InChI=1S/C19H41NO/c1-4-6-7-8-9-10-11-12-13-14-15-16-17-18-19(3,5-2)21-20/h4-18,20H2,1-3H3. The van der Waals surface area contributed by atoms with Gasteiger partial charge in [0.1, 0.15) is 0 Å². The molecule has 0 amide bonds. The molecule has 0 radical (unpaired) electrons. The monoisotopic (exact) mass is 299 g/mol. The molecular formula is C19H41NO. The second kappa shape index (κ2) is 14.8. The van der Waals surface area contributed by atoms with E-state index in [0.29, 0.717) is 0 Å². The molecule has 0 heterocycles. The molecule has 21 heavy (non-hydrogen) atoms. The molecule has 0 aliphatic heterocycles. The molecule has 0 saturated heterocycles.